The number of non-ortho nitro benzene ring substituents is 1. The number of nitrogens with one attached hydrogen (secondary N) is 1. The van der Waals surface area contributed by atoms with E-state index in [0.717, 1.165) is 6.07 Å². The Labute approximate surface area is 153 Å². The van der Waals surface area contributed by atoms with Crippen LogP contribution in [-0.2, 0) is 22.1 Å². The molecule has 2 N–H and O–H groups in total. The summed E-state index contributed by atoms with van der Waals surface area (Å²) < 4.78 is 45.3. The van der Waals surface area contributed by atoms with Gasteiger partial charge >= 0.3 is 12.1 Å². The maximum Gasteiger partial charge on any atom is 0.418 e. The Morgan fingerprint density at radius 2 is 2.07 bits per heavy atom. The molecule has 0 spiro atoms. The number of halogens is 3. The molecule has 0 amide bonds. The zero-order valence-corrected chi connectivity index (χ0v) is 14.9. The molecule has 2 rings (SSSR count). The molecule has 0 radical (unpaired) electrons. The fraction of sp³-hybridized carbons (Fsp3) is 0.588. The van der Waals surface area contributed by atoms with E-state index in [1.54, 1.807) is 13.8 Å². The van der Waals surface area contributed by atoms with Crippen LogP contribution in [-0.4, -0.2) is 34.2 Å². The zero-order chi connectivity index (χ0) is 20.4. The number of carbonyl (C=O) groups is 1. The Balaban J connectivity index is 2.41. The lowest BCUT2D eigenvalue weighted by atomic mass is 9.77. The van der Waals surface area contributed by atoms with Gasteiger partial charge in [0.25, 0.3) is 5.69 Å². The number of hydrogen-bond donors (Lipinski definition) is 2. The SMILES string of the molecule is CCOC(=O)CCc1cc([N+](=O)[O-])cc(C(F)(F)F)c1NC1CC(C)(O)C1. The zero-order valence-electron chi connectivity index (χ0n) is 14.9. The molecular formula is C17H21F3N2O5. The first-order chi connectivity index (χ1) is 12.4. The smallest absolute Gasteiger partial charge is 0.418 e. The minimum atomic E-state index is -4.82. The molecule has 1 aromatic rings. The molecule has 0 saturated heterocycles. The minimum Gasteiger partial charge on any atom is -0.466 e. The van der Waals surface area contributed by atoms with Crippen molar-refractivity contribution >= 4 is 17.3 Å². The highest BCUT2D eigenvalue weighted by Crippen LogP contribution is 2.42. The van der Waals surface area contributed by atoms with Crippen molar-refractivity contribution in [3.63, 3.8) is 0 Å². The summed E-state index contributed by atoms with van der Waals surface area (Å²) in [6.45, 7) is 3.31. The Hall–Kier alpha value is -2.36. The predicted octanol–water partition coefficient (Wildman–Crippen LogP) is 3.43. The van der Waals surface area contributed by atoms with Crippen molar-refractivity contribution in [1.29, 1.82) is 0 Å². The van der Waals surface area contributed by atoms with Gasteiger partial charge in [0.2, 0.25) is 0 Å². The number of aliphatic hydroxyl groups is 1. The summed E-state index contributed by atoms with van der Waals surface area (Å²) >= 11 is 0. The van der Waals surface area contributed by atoms with E-state index in [1.807, 2.05) is 0 Å². The van der Waals surface area contributed by atoms with Gasteiger partial charge in [-0.15, -0.1) is 0 Å². The van der Waals surface area contributed by atoms with E-state index in [-0.39, 0.29) is 43.5 Å². The van der Waals surface area contributed by atoms with Gasteiger partial charge in [0, 0.05) is 24.6 Å². The molecule has 10 heteroatoms. The number of aryl methyl sites for hydroxylation is 1. The minimum absolute atomic E-state index is 0.0103. The van der Waals surface area contributed by atoms with Gasteiger partial charge in [0.15, 0.2) is 0 Å². The molecule has 1 aliphatic carbocycles. The summed E-state index contributed by atoms with van der Waals surface area (Å²) in [6, 6.07) is 1.12. The van der Waals surface area contributed by atoms with Crippen LogP contribution in [0.5, 0.6) is 0 Å². The highest BCUT2D eigenvalue weighted by molar-refractivity contribution is 5.71. The van der Waals surface area contributed by atoms with Gasteiger partial charge in [-0.2, -0.15) is 13.2 Å². The molecule has 150 valence electrons. The maximum absolute atomic E-state index is 13.5. The number of esters is 1. The summed E-state index contributed by atoms with van der Waals surface area (Å²) in [5.74, 6) is -0.602. The van der Waals surface area contributed by atoms with Crippen LogP contribution < -0.4 is 5.32 Å². The van der Waals surface area contributed by atoms with Gasteiger partial charge in [-0.1, -0.05) is 0 Å². The number of rotatable bonds is 7. The molecule has 0 atom stereocenters. The summed E-state index contributed by atoms with van der Waals surface area (Å²) in [5, 5.41) is 23.6. The van der Waals surface area contributed by atoms with Crippen LogP contribution in [0, 0.1) is 10.1 Å². The quantitative estimate of drug-likeness (QED) is 0.420. The van der Waals surface area contributed by atoms with Gasteiger partial charge in [-0.3, -0.25) is 14.9 Å². The average molecular weight is 390 g/mol. The summed E-state index contributed by atoms with van der Waals surface area (Å²) in [5.41, 5.74) is -3.11. The maximum atomic E-state index is 13.5. The third kappa shape index (κ3) is 5.31. The van der Waals surface area contributed by atoms with Crippen molar-refractivity contribution < 1.29 is 32.7 Å². The third-order valence-corrected chi connectivity index (χ3v) is 4.35. The van der Waals surface area contributed by atoms with Gasteiger partial charge in [-0.05, 0) is 38.7 Å². The molecular weight excluding hydrogens is 369 g/mol. The first-order valence-corrected chi connectivity index (χ1v) is 8.46. The van der Waals surface area contributed by atoms with Crippen molar-refractivity contribution in [3.05, 3.63) is 33.4 Å². The van der Waals surface area contributed by atoms with E-state index in [2.05, 4.69) is 5.32 Å². The van der Waals surface area contributed by atoms with E-state index in [1.165, 1.54) is 0 Å². The fourth-order valence-electron chi connectivity index (χ4n) is 3.16. The van der Waals surface area contributed by atoms with Crippen LogP contribution in [0.15, 0.2) is 12.1 Å². The predicted molar refractivity (Wildman–Crippen MR) is 90.3 cm³/mol. The first kappa shape index (κ1) is 20.9. The van der Waals surface area contributed by atoms with Crippen LogP contribution in [0.1, 0.15) is 44.2 Å². The molecule has 0 aromatic heterocycles. The van der Waals surface area contributed by atoms with Crippen molar-refractivity contribution in [2.75, 3.05) is 11.9 Å². The lowest BCUT2D eigenvalue weighted by Crippen LogP contribution is -2.48. The van der Waals surface area contributed by atoms with Crippen molar-refractivity contribution in [1.82, 2.24) is 0 Å². The number of benzene rings is 1. The number of anilines is 1. The van der Waals surface area contributed by atoms with Crippen molar-refractivity contribution in [2.24, 2.45) is 0 Å². The Bertz CT molecular complexity index is 726. The van der Waals surface area contributed by atoms with E-state index >= 15 is 0 Å². The molecule has 0 unspecified atom stereocenters. The van der Waals surface area contributed by atoms with E-state index in [0.29, 0.717) is 6.07 Å². The van der Waals surface area contributed by atoms with Gasteiger partial charge in [0.1, 0.15) is 0 Å². The van der Waals surface area contributed by atoms with Crippen molar-refractivity contribution in [2.45, 2.75) is 57.3 Å². The monoisotopic (exact) mass is 390 g/mol. The van der Waals surface area contributed by atoms with E-state index in [4.69, 9.17) is 4.74 Å². The lowest BCUT2D eigenvalue weighted by Gasteiger charge is -2.42. The molecule has 0 heterocycles. The van der Waals surface area contributed by atoms with Gasteiger partial charge in [0.05, 0.1) is 28.4 Å². The van der Waals surface area contributed by atoms with Crippen LogP contribution in [0.4, 0.5) is 24.5 Å². The molecule has 1 aliphatic rings. The largest absolute Gasteiger partial charge is 0.466 e. The number of nitro benzene ring substituents is 1. The molecule has 1 saturated carbocycles. The topological polar surface area (TPSA) is 102 Å². The fourth-order valence-corrected chi connectivity index (χ4v) is 3.16. The number of nitrogens with zero attached hydrogens (tertiary/aromatic N) is 1. The molecule has 7 nitrogen and oxygen atoms in total. The molecule has 1 fully saturated rings. The van der Waals surface area contributed by atoms with Gasteiger partial charge < -0.3 is 15.2 Å². The van der Waals surface area contributed by atoms with Gasteiger partial charge in [-0.25, -0.2) is 0 Å². The number of hydrogen-bond acceptors (Lipinski definition) is 6. The Morgan fingerprint density at radius 1 is 1.44 bits per heavy atom. The molecule has 0 bridgehead atoms. The normalized spacial score (nSPS) is 22.1. The standard InChI is InChI=1S/C17H21F3N2O5/c1-3-27-14(23)5-4-10-6-12(22(25)26)7-13(17(18,19)20)15(10)21-11-8-16(2,24)9-11/h6-7,11,21,24H,3-5,8-9H2,1-2H3. The molecule has 1 aromatic carbocycles. The van der Waals surface area contributed by atoms with Crippen LogP contribution >= 0.6 is 0 Å². The van der Waals surface area contributed by atoms with E-state index in [9.17, 15) is 33.2 Å². The Kier molecular flexibility index (Phi) is 5.98. The van der Waals surface area contributed by atoms with Crippen LogP contribution in [0.3, 0.4) is 0 Å². The van der Waals surface area contributed by atoms with Crippen LogP contribution in [0.25, 0.3) is 0 Å². The number of nitro groups is 1. The van der Waals surface area contributed by atoms with E-state index < -0.39 is 40.0 Å². The Morgan fingerprint density at radius 3 is 2.56 bits per heavy atom. The number of carbonyl (C=O) groups excluding carboxylic acids is 1. The summed E-state index contributed by atoms with van der Waals surface area (Å²) in [4.78, 5) is 21.7. The third-order valence-electron chi connectivity index (χ3n) is 4.35. The molecule has 0 aliphatic heterocycles. The van der Waals surface area contributed by atoms with Crippen molar-refractivity contribution in [3.8, 4) is 0 Å². The average Bonchev–Trinajstić information content (AvgIpc) is 2.50. The second-order valence-electron chi connectivity index (χ2n) is 6.83. The summed E-state index contributed by atoms with van der Waals surface area (Å²) in [7, 11) is 0. The first-order valence-electron chi connectivity index (χ1n) is 8.46. The highest BCUT2D eigenvalue weighted by atomic mass is 19.4. The second-order valence-corrected chi connectivity index (χ2v) is 6.83. The van der Waals surface area contributed by atoms with Crippen LogP contribution in [0.2, 0.25) is 0 Å². The number of alkyl halides is 3. The lowest BCUT2D eigenvalue weighted by molar-refractivity contribution is -0.385. The second kappa shape index (κ2) is 7.71. The summed E-state index contributed by atoms with van der Waals surface area (Å²) in [6.07, 6.45) is -4.67. The highest BCUT2D eigenvalue weighted by Gasteiger charge is 2.42. The number of ether oxygens (including phenoxy) is 1. The molecule has 27 heavy (non-hydrogen) atoms.